The summed E-state index contributed by atoms with van der Waals surface area (Å²) >= 11 is 0. The minimum atomic E-state index is -0.468. The molecule has 15 heteroatoms. The summed E-state index contributed by atoms with van der Waals surface area (Å²) in [7, 11) is 0. The fourth-order valence-electron chi connectivity index (χ4n) is 5.92. The zero-order chi connectivity index (χ0) is 44.9. The first kappa shape index (κ1) is 59.0. The summed E-state index contributed by atoms with van der Waals surface area (Å²) in [5.41, 5.74) is 0.938. The molecule has 0 aliphatic carbocycles. The van der Waals surface area contributed by atoms with Gasteiger partial charge in [0.05, 0.1) is 152 Å². The van der Waals surface area contributed by atoms with Crippen LogP contribution in [0.1, 0.15) is 102 Å². The molecule has 0 saturated heterocycles. The number of hydrogen-bond acceptors (Lipinski definition) is 14. The van der Waals surface area contributed by atoms with Crippen molar-refractivity contribution in [3.05, 3.63) is 35.9 Å². The molecule has 0 atom stereocenters. The zero-order valence-corrected chi connectivity index (χ0v) is 39.4. The van der Waals surface area contributed by atoms with Gasteiger partial charge in [0.15, 0.2) is 0 Å². The first-order chi connectivity index (χ1) is 31.3. The maximum Gasteiger partial charge on any atom is 0.407 e. The van der Waals surface area contributed by atoms with Gasteiger partial charge in [-0.3, -0.25) is 0 Å². The maximum atomic E-state index is 11.7. The van der Waals surface area contributed by atoms with Crippen molar-refractivity contribution < 1.29 is 66.4 Å². The largest absolute Gasteiger partial charge is 0.445 e. The third-order valence-electron chi connectivity index (χ3n) is 9.46. The van der Waals surface area contributed by atoms with E-state index in [1.165, 1.54) is 83.5 Å². The highest BCUT2D eigenvalue weighted by atomic mass is 16.6. The van der Waals surface area contributed by atoms with Crippen molar-refractivity contribution in [1.82, 2.24) is 5.32 Å². The Morgan fingerprint density at radius 1 is 0.349 bits per heavy atom. The van der Waals surface area contributed by atoms with Crippen molar-refractivity contribution in [2.75, 3.05) is 165 Å². The predicted octanol–water partition coefficient (Wildman–Crippen LogP) is 7.59. The van der Waals surface area contributed by atoms with Crippen LogP contribution in [0.15, 0.2) is 30.3 Å². The van der Waals surface area contributed by atoms with Crippen molar-refractivity contribution in [3.63, 3.8) is 0 Å². The van der Waals surface area contributed by atoms with Crippen LogP contribution in [0.2, 0.25) is 0 Å². The van der Waals surface area contributed by atoms with Gasteiger partial charge in [-0.15, -0.1) is 0 Å². The van der Waals surface area contributed by atoms with E-state index in [1.54, 1.807) is 0 Å². The van der Waals surface area contributed by atoms with Gasteiger partial charge in [-0.25, -0.2) is 4.79 Å². The molecule has 1 aromatic rings. The van der Waals surface area contributed by atoms with Crippen LogP contribution in [0.25, 0.3) is 0 Å². The van der Waals surface area contributed by atoms with E-state index >= 15 is 0 Å². The first-order valence-electron chi connectivity index (χ1n) is 24.2. The van der Waals surface area contributed by atoms with E-state index < -0.39 is 6.09 Å². The molecule has 0 aromatic heterocycles. The summed E-state index contributed by atoms with van der Waals surface area (Å²) in [4.78, 5) is 11.7. The third-order valence-corrected chi connectivity index (χ3v) is 9.46. The number of carbonyl (C=O) groups excluding carboxylic acids is 1. The number of nitrogens with one attached hydrogen (secondary N) is 1. The standard InChI is InChI=1S/C48H89NO14/c1-2-3-4-5-6-7-8-9-10-11-12-13-14-18-22-51-24-26-53-28-30-55-32-34-57-36-38-59-40-42-61-44-45-62-43-41-60-39-37-58-35-33-56-31-29-54-27-25-52-23-21-49-48(50)63-46-47-19-16-15-17-20-47/h15-17,19-20H,2-14,18,21-46H2,1H3,(H,49,50). The summed E-state index contributed by atoms with van der Waals surface area (Å²) in [6.45, 7) is 15.4. The molecular formula is C48H89NO14. The number of hydrogen-bond donors (Lipinski definition) is 1. The monoisotopic (exact) mass is 904 g/mol. The summed E-state index contributed by atoms with van der Waals surface area (Å²) in [5.74, 6) is 0. The van der Waals surface area contributed by atoms with Gasteiger partial charge in [-0.2, -0.15) is 0 Å². The number of ether oxygens (including phenoxy) is 13. The smallest absolute Gasteiger partial charge is 0.407 e. The van der Waals surface area contributed by atoms with E-state index in [-0.39, 0.29) is 6.61 Å². The Hall–Kier alpha value is -1.99. The SMILES string of the molecule is CCCCCCCCCCCCCCCCOCCOCCOCCOCCOCCOCCOCCOCCOCCOCCOCCOCCNC(=O)OCc1ccccc1. The zero-order valence-electron chi connectivity index (χ0n) is 39.4. The van der Waals surface area contributed by atoms with Crippen LogP contribution >= 0.6 is 0 Å². The second kappa shape index (κ2) is 52.6. The first-order valence-corrected chi connectivity index (χ1v) is 24.2. The average molecular weight is 904 g/mol. The fourth-order valence-corrected chi connectivity index (χ4v) is 5.92. The van der Waals surface area contributed by atoms with Crippen LogP contribution in [0, 0.1) is 0 Å². The molecule has 0 fully saturated rings. The maximum absolute atomic E-state index is 11.7. The van der Waals surface area contributed by atoms with Crippen molar-refractivity contribution in [1.29, 1.82) is 0 Å². The highest BCUT2D eigenvalue weighted by Crippen LogP contribution is 2.13. The molecule has 0 radical (unpaired) electrons. The number of rotatable bonds is 53. The molecule has 370 valence electrons. The molecular weight excluding hydrogens is 815 g/mol. The van der Waals surface area contributed by atoms with Crippen LogP contribution in [-0.4, -0.2) is 171 Å². The van der Waals surface area contributed by atoms with Crippen LogP contribution in [0.4, 0.5) is 4.79 Å². The summed E-state index contributed by atoms with van der Waals surface area (Å²) in [5, 5.41) is 2.65. The molecule has 0 aliphatic rings. The average Bonchev–Trinajstić information content (AvgIpc) is 3.30. The minimum Gasteiger partial charge on any atom is -0.445 e. The number of amides is 1. The molecule has 15 nitrogen and oxygen atoms in total. The normalized spacial score (nSPS) is 11.4. The molecule has 0 heterocycles. The van der Waals surface area contributed by atoms with Gasteiger partial charge in [0.25, 0.3) is 0 Å². The minimum absolute atomic E-state index is 0.237. The molecule has 0 spiro atoms. The van der Waals surface area contributed by atoms with Gasteiger partial charge in [-0.05, 0) is 12.0 Å². The van der Waals surface area contributed by atoms with Gasteiger partial charge >= 0.3 is 6.09 Å². The predicted molar refractivity (Wildman–Crippen MR) is 245 cm³/mol. The van der Waals surface area contributed by atoms with Crippen molar-refractivity contribution in [3.8, 4) is 0 Å². The van der Waals surface area contributed by atoms with Gasteiger partial charge in [0.1, 0.15) is 6.61 Å². The van der Waals surface area contributed by atoms with E-state index in [0.717, 1.165) is 18.6 Å². The van der Waals surface area contributed by atoms with Crippen LogP contribution in [0.5, 0.6) is 0 Å². The van der Waals surface area contributed by atoms with Gasteiger partial charge in [0.2, 0.25) is 0 Å². The Balaban J connectivity index is 1.61. The van der Waals surface area contributed by atoms with Gasteiger partial charge in [0, 0.05) is 13.2 Å². The van der Waals surface area contributed by atoms with Gasteiger partial charge in [-0.1, -0.05) is 121 Å². The Bertz CT molecular complexity index is 1010. The van der Waals surface area contributed by atoms with E-state index in [1.807, 2.05) is 30.3 Å². The molecule has 0 aliphatic heterocycles. The topological polar surface area (TPSA) is 149 Å². The Morgan fingerprint density at radius 3 is 0.937 bits per heavy atom. The molecule has 0 saturated carbocycles. The Labute approximate surface area is 381 Å². The molecule has 1 amide bonds. The highest BCUT2D eigenvalue weighted by molar-refractivity contribution is 5.67. The second-order valence-electron chi connectivity index (χ2n) is 14.9. The van der Waals surface area contributed by atoms with Crippen molar-refractivity contribution >= 4 is 6.09 Å². The van der Waals surface area contributed by atoms with Crippen LogP contribution in [0.3, 0.4) is 0 Å². The van der Waals surface area contributed by atoms with E-state index in [2.05, 4.69) is 12.2 Å². The van der Waals surface area contributed by atoms with Gasteiger partial charge < -0.3 is 66.9 Å². The van der Waals surface area contributed by atoms with E-state index in [9.17, 15) is 4.79 Å². The molecule has 1 rings (SSSR count). The number of carbonyl (C=O) groups is 1. The molecule has 0 bridgehead atoms. The molecule has 1 aromatic carbocycles. The lowest BCUT2D eigenvalue weighted by atomic mass is 10.0. The van der Waals surface area contributed by atoms with Crippen molar-refractivity contribution in [2.45, 2.75) is 103 Å². The lowest BCUT2D eigenvalue weighted by Crippen LogP contribution is -2.28. The lowest BCUT2D eigenvalue weighted by Gasteiger charge is -2.09. The van der Waals surface area contributed by atoms with Crippen LogP contribution in [-0.2, 0) is 68.2 Å². The number of benzene rings is 1. The van der Waals surface area contributed by atoms with Crippen molar-refractivity contribution in [2.24, 2.45) is 0 Å². The fraction of sp³-hybridized carbons (Fsp3) is 0.854. The summed E-state index contributed by atoms with van der Waals surface area (Å²) in [6.07, 6.45) is 18.7. The molecule has 63 heavy (non-hydrogen) atoms. The molecule has 0 unspecified atom stereocenters. The number of unbranched alkanes of at least 4 members (excludes halogenated alkanes) is 13. The second-order valence-corrected chi connectivity index (χ2v) is 14.9. The Kier molecular flexibility index (Phi) is 49.3. The van der Waals surface area contributed by atoms with E-state index in [4.69, 9.17) is 61.6 Å². The summed E-state index contributed by atoms with van der Waals surface area (Å²) < 4.78 is 71.5. The highest BCUT2D eigenvalue weighted by Gasteiger charge is 2.02. The van der Waals surface area contributed by atoms with E-state index in [0.29, 0.717) is 159 Å². The number of alkyl carbamates (subject to hydrolysis) is 1. The summed E-state index contributed by atoms with van der Waals surface area (Å²) in [6, 6.07) is 9.52. The lowest BCUT2D eigenvalue weighted by molar-refractivity contribution is -0.0283. The quantitative estimate of drug-likeness (QED) is 0.0640. The third kappa shape index (κ3) is 49.3. The molecule has 1 N–H and O–H groups in total. The Morgan fingerprint density at radius 2 is 0.619 bits per heavy atom. The van der Waals surface area contributed by atoms with Crippen LogP contribution < -0.4 is 5.32 Å².